The fraction of sp³-hybridized carbons (Fsp3) is 0.182. The molecule has 0 aliphatic rings. The molecule has 0 atom stereocenters. The number of thiophene rings is 1. The van der Waals surface area contributed by atoms with Gasteiger partial charge < -0.3 is 9.47 Å². The number of hydrazine groups is 1. The zero-order chi connectivity index (χ0) is 12.4. The number of amides is 1. The molecule has 90 valence electrons. The van der Waals surface area contributed by atoms with Gasteiger partial charge in [0, 0.05) is 10.1 Å². The number of carbonyl (C=O) groups excluding carboxylic acids is 1. The second-order valence-electron chi connectivity index (χ2n) is 3.30. The molecule has 0 spiro atoms. The summed E-state index contributed by atoms with van der Waals surface area (Å²) in [6.45, 7) is 0. The molecule has 6 heteroatoms. The molecule has 1 aromatic heterocycles. The van der Waals surface area contributed by atoms with Gasteiger partial charge in [0.25, 0.3) is 5.91 Å². The van der Waals surface area contributed by atoms with Gasteiger partial charge >= 0.3 is 0 Å². The average molecular weight is 252 g/mol. The largest absolute Gasteiger partial charge is 0.493 e. The Hall–Kier alpha value is -1.79. The van der Waals surface area contributed by atoms with Crippen LogP contribution in [0.3, 0.4) is 0 Å². The monoisotopic (exact) mass is 252 g/mol. The molecular weight excluding hydrogens is 240 g/mol. The molecule has 2 rings (SSSR count). The Morgan fingerprint density at radius 2 is 2.12 bits per heavy atom. The van der Waals surface area contributed by atoms with Gasteiger partial charge in [-0.25, -0.2) is 5.84 Å². The van der Waals surface area contributed by atoms with E-state index in [2.05, 4.69) is 5.43 Å². The maximum absolute atomic E-state index is 11.4. The minimum Gasteiger partial charge on any atom is -0.493 e. The van der Waals surface area contributed by atoms with Gasteiger partial charge in [0.05, 0.1) is 19.1 Å². The fourth-order valence-electron chi connectivity index (χ4n) is 1.62. The summed E-state index contributed by atoms with van der Waals surface area (Å²) in [5, 5.41) is 0.843. The molecule has 17 heavy (non-hydrogen) atoms. The van der Waals surface area contributed by atoms with Crippen molar-refractivity contribution in [3.8, 4) is 11.5 Å². The van der Waals surface area contributed by atoms with Crippen molar-refractivity contribution in [1.29, 1.82) is 0 Å². The second-order valence-corrected chi connectivity index (χ2v) is 4.38. The predicted molar refractivity (Wildman–Crippen MR) is 66.6 cm³/mol. The molecule has 0 saturated carbocycles. The van der Waals surface area contributed by atoms with Gasteiger partial charge in [-0.3, -0.25) is 10.2 Å². The minimum absolute atomic E-state index is 0.313. The normalized spacial score (nSPS) is 10.3. The van der Waals surface area contributed by atoms with Crippen LogP contribution in [0.1, 0.15) is 9.67 Å². The Labute approximate surface area is 102 Å². The lowest BCUT2D eigenvalue weighted by molar-refractivity contribution is 0.0958. The topological polar surface area (TPSA) is 73.6 Å². The van der Waals surface area contributed by atoms with Crippen molar-refractivity contribution in [1.82, 2.24) is 5.43 Å². The third-order valence-corrected chi connectivity index (χ3v) is 3.49. The van der Waals surface area contributed by atoms with Gasteiger partial charge in [-0.2, -0.15) is 0 Å². The van der Waals surface area contributed by atoms with E-state index in [-0.39, 0.29) is 5.91 Å². The van der Waals surface area contributed by atoms with Crippen LogP contribution in [0, 0.1) is 0 Å². The van der Waals surface area contributed by atoms with Crippen molar-refractivity contribution >= 4 is 27.3 Å². The lowest BCUT2D eigenvalue weighted by Crippen LogP contribution is -2.29. The summed E-state index contributed by atoms with van der Waals surface area (Å²) in [5.41, 5.74) is 2.11. The molecule has 0 bridgehead atoms. The first-order chi connectivity index (χ1) is 8.21. The zero-order valence-corrected chi connectivity index (χ0v) is 10.3. The smallest absolute Gasteiger partial charge is 0.275 e. The highest BCUT2D eigenvalue weighted by atomic mass is 32.1. The standard InChI is InChI=1S/C11H12N2O3S/c1-15-7-3-4-8-6(10(7)16-2)5-9(17-8)11(14)13-12/h3-5H,12H2,1-2H3,(H,13,14). The van der Waals surface area contributed by atoms with Crippen LogP contribution in [-0.4, -0.2) is 20.1 Å². The molecule has 0 saturated heterocycles. The molecule has 0 aliphatic carbocycles. The highest BCUT2D eigenvalue weighted by Gasteiger charge is 2.14. The van der Waals surface area contributed by atoms with Crippen molar-refractivity contribution in [2.45, 2.75) is 0 Å². The van der Waals surface area contributed by atoms with Gasteiger partial charge in [-0.05, 0) is 18.2 Å². The van der Waals surface area contributed by atoms with Crippen LogP contribution in [0.25, 0.3) is 10.1 Å². The summed E-state index contributed by atoms with van der Waals surface area (Å²) in [5.74, 6) is 6.05. The highest BCUT2D eigenvalue weighted by molar-refractivity contribution is 7.20. The maximum atomic E-state index is 11.4. The van der Waals surface area contributed by atoms with Crippen molar-refractivity contribution in [2.75, 3.05) is 14.2 Å². The Morgan fingerprint density at radius 3 is 2.71 bits per heavy atom. The summed E-state index contributed by atoms with van der Waals surface area (Å²) in [6, 6.07) is 5.43. The van der Waals surface area contributed by atoms with Gasteiger partial charge in [-0.15, -0.1) is 11.3 Å². The lowest BCUT2D eigenvalue weighted by Gasteiger charge is -2.07. The van der Waals surface area contributed by atoms with Crippen LogP contribution in [0.15, 0.2) is 18.2 Å². The van der Waals surface area contributed by atoms with E-state index in [1.807, 2.05) is 12.1 Å². The molecule has 0 unspecified atom stereocenters. The quantitative estimate of drug-likeness (QED) is 0.493. The first kappa shape index (κ1) is 11.7. The Balaban J connectivity index is 2.64. The molecule has 3 N–H and O–H groups in total. The highest BCUT2D eigenvalue weighted by Crippen LogP contribution is 2.39. The first-order valence-corrected chi connectivity index (χ1v) is 5.68. The average Bonchev–Trinajstić information content (AvgIpc) is 2.80. The Bertz CT molecular complexity index is 565. The van der Waals surface area contributed by atoms with Crippen LogP contribution >= 0.6 is 11.3 Å². The maximum Gasteiger partial charge on any atom is 0.275 e. The number of nitrogens with two attached hydrogens (primary N) is 1. The predicted octanol–water partition coefficient (Wildman–Crippen LogP) is 1.52. The van der Waals surface area contributed by atoms with Crippen LogP contribution < -0.4 is 20.7 Å². The van der Waals surface area contributed by atoms with Gasteiger partial charge in [0.15, 0.2) is 11.5 Å². The van der Waals surface area contributed by atoms with Gasteiger partial charge in [0.1, 0.15) is 0 Å². The van der Waals surface area contributed by atoms with Crippen molar-refractivity contribution < 1.29 is 14.3 Å². The Kier molecular flexibility index (Phi) is 3.16. The summed E-state index contributed by atoms with van der Waals surface area (Å²) in [6.07, 6.45) is 0. The van der Waals surface area contributed by atoms with Crippen LogP contribution in [-0.2, 0) is 0 Å². The molecule has 1 aromatic carbocycles. The SMILES string of the molecule is COc1ccc2sc(C(=O)NN)cc2c1OC. The van der Waals surface area contributed by atoms with E-state index in [1.165, 1.54) is 11.3 Å². The van der Waals surface area contributed by atoms with E-state index in [9.17, 15) is 4.79 Å². The van der Waals surface area contributed by atoms with E-state index in [0.29, 0.717) is 16.4 Å². The van der Waals surface area contributed by atoms with Crippen LogP contribution in [0.5, 0.6) is 11.5 Å². The second kappa shape index (κ2) is 4.60. The summed E-state index contributed by atoms with van der Waals surface area (Å²) in [7, 11) is 3.14. The van der Waals surface area contributed by atoms with Gasteiger partial charge in [-0.1, -0.05) is 0 Å². The van der Waals surface area contributed by atoms with E-state index >= 15 is 0 Å². The van der Waals surface area contributed by atoms with E-state index in [0.717, 1.165) is 10.1 Å². The number of nitrogen functional groups attached to an aromatic ring is 1. The number of benzene rings is 1. The fourth-order valence-corrected chi connectivity index (χ4v) is 2.58. The minimum atomic E-state index is -0.313. The summed E-state index contributed by atoms with van der Waals surface area (Å²) < 4.78 is 11.4. The molecule has 5 nitrogen and oxygen atoms in total. The van der Waals surface area contributed by atoms with E-state index in [1.54, 1.807) is 20.3 Å². The third kappa shape index (κ3) is 1.92. The summed E-state index contributed by atoms with van der Waals surface area (Å²) >= 11 is 1.35. The van der Waals surface area contributed by atoms with E-state index in [4.69, 9.17) is 15.3 Å². The number of nitrogens with one attached hydrogen (secondary N) is 1. The van der Waals surface area contributed by atoms with Gasteiger partial charge in [0.2, 0.25) is 0 Å². The number of methoxy groups -OCH3 is 2. The number of hydrogen-bond donors (Lipinski definition) is 2. The number of fused-ring (bicyclic) bond motifs is 1. The first-order valence-electron chi connectivity index (χ1n) is 4.86. The third-order valence-electron chi connectivity index (χ3n) is 2.39. The molecule has 0 radical (unpaired) electrons. The molecule has 0 aliphatic heterocycles. The number of ether oxygens (including phenoxy) is 2. The zero-order valence-electron chi connectivity index (χ0n) is 9.44. The molecule has 0 fully saturated rings. The van der Waals surface area contributed by atoms with Crippen LogP contribution in [0.2, 0.25) is 0 Å². The van der Waals surface area contributed by atoms with Crippen molar-refractivity contribution in [3.63, 3.8) is 0 Å². The number of rotatable bonds is 3. The van der Waals surface area contributed by atoms with E-state index < -0.39 is 0 Å². The number of hydrogen-bond acceptors (Lipinski definition) is 5. The molecule has 2 aromatic rings. The summed E-state index contributed by atoms with van der Waals surface area (Å²) in [4.78, 5) is 12.0. The Morgan fingerprint density at radius 1 is 1.35 bits per heavy atom. The molecular formula is C11H12N2O3S. The van der Waals surface area contributed by atoms with Crippen LogP contribution in [0.4, 0.5) is 0 Å². The molecule has 1 heterocycles. The lowest BCUT2D eigenvalue weighted by atomic mass is 10.2. The number of carbonyl (C=O) groups is 1. The van der Waals surface area contributed by atoms with Crippen molar-refractivity contribution in [2.24, 2.45) is 5.84 Å². The molecule has 1 amide bonds. The van der Waals surface area contributed by atoms with Crippen molar-refractivity contribution in [3.05, 3.63) is 23.1 Å².